The first kappa shape index (κ1) is 13.7. The summed E-state index contributed by atoms with van der Waals surface area (Å²) < 4.78 is 32.8. The third-order valence-electron chi connectivity index (χ3n) is 3.47. The molecule has 0 fully saturated rings. The molecule has 1 aliphatic carbocycles. The van der Waals surface area contributed by atoms with Gasteiger partial charge in [0.1, 0.15) is 5.76 Å². The Bertz CT molecular complexity index is 706. The Morgan fingerprint density at radius 1 is 1.20 bits per heavy atom. The minimum absolute atomic E-state index is 0.220. The summed E-state index contributed by atoms with van der Waals surface area (Å²) in [6, 6.07) is 7.76. The molecule has 1 aliphatic rings. The van der Waals surface area contributed by atoms with Crippen LogP contribution in [0.15, 0.2) is 45.9 Å². The summed E-state index contributed by atoms with van der Waals surface area (Å²) in [4.78, 5) is 0.220. The van der Waals surface area contributed by atoms with Gasteiger partial charge in [-0.25, -0.2) is 13.1 Å². The van der Waals surface area contributed by atoms with E-state index in [2.05, 4.69) is 4.72 Å². The number of nitrogens with one attached hydrogen (secondary N) is 1. The second-order valence-corrected chi connectivity index (χ2v) is 6.97. The molecule has 0 bridgehead atoms. The third kappa shape index (κ3) is 2.61. The highest BCUT2D eigenvalue weighted by Gasteiger charge is 2.27. The molecule has 20 heavy (non-hydrogen) atoms. The number of sulfonamides is 1. The molecule has 1 atom stereocenters. The zero-order chi connectivity index (χ0) is 14.2. The quantitative estimate of drug-likeness (QED) is 0.946. The summed E-state index contributed by atoms with van der Waals surface area (Å²) in [5, 5.41) is 0.513. The van der Waals surface area contributed by atoms with Crippen LogP contribution in [-0.2, 0) is 16.4 Å². The van der Waals surface area contributed by atoms with Crippen molar-refractivity contribution in [1.29, 1.82) is 0 Å². The molecule has 0 spiro atoms. The van der Waals surface area contributed by atoms with Crippen LogP contribution in [0.3, 0.4) is 0 Å². The molecule has 0 saturated heterocycles. The van der Waals surface area contributed by atoms with Crippen LogP contribution in [0, 0.1) is 0 Å². The van der Waals surface area contributed by atoms with Crippen molar-refractivity contribution >= 4 is 21.6 Å². The molecule has 2 aromatic rings. The molecular formula is C14H14ClNO3S. The second-order valence-electron chi connectivity index (χ2n) is 4.82. The molecule has 0 amide bonds. The molecule has 0 saturated carbocycles. The number of rotatable bonds is 3. The van der Waals surface area contributed by atoms with Crippen LogP contribution in [0.4, 0.5) is 0 Å². The van der Waals surface area contributed by atoms with E-state index in [4.69, 9.17) is 16.0 Å². The van der Waals surface area contributed by atoms with Crippen LogP contribution >= 0.6 is 11.6 Å². The molecule has 0 aliphatic heterocycles. The van der Waals surface area contributed by atoms with Gasteiger partial charge in [-0.2, -0.15) is 0 Å². The van der Waals surface area contributed by atoms with E-state index in [1.165, 1.54) is 12.1 Å². The molecular weight excluding hydrogens is 298 g/mol. The average Bonchev–Trinajstić information content (AvgIpc) is 2.88. The Balaban J connectivity index is 1.86. The minimum atomic E-state index is -3.55. The Hall–Kier alpha value is -1.30. The number of furan rings is 1. The predicted molar refractivity (Wildman–Crippen MR) is 76.2 cm³/mol. The van der Waals surface area contributed by atoms with E-state index < -0.39 is 10.0 Å². The van der Waals surface area contributed by atoms with Crippen molar-refractivity contribution in [2.75, 3.05) is 0 Å². The number of aryl methyl sites for hydroxylation is 1. The average molecular weight is 312 g/mol. The first-order valence-corrected chi connectivity index (χ1v) is 8.26. The topological polar surface area (TPSA) is 59.3 Å². The van der Waals surface area contributed by atoms with Crippen molar-refractivity contribution in [2.45, 2.75) is 30.2 Å². The van der Waals surface area contributed by atoms with E-state index in [0.717, 1.165) is 30.6 Å². The lowest BCUT2D eigenvalue weighted by Gasteiger charge is -2.22. The van der Waals surface area contributed by atoms with Crippen molar-refractivity contribution in [3.63, 3.8) is 0 Å². The van der Waals surface area contributed by atoms with Crippen LogP contribution in [0.5, 0.6) is 0 Å². The van der Waals surface area contributed by atoms with Gasteiger partial charge in [-0.05, 0) is 43.2 Å². The molecule has 3 rings (SSSR count). The highest BCUT2D eigenvalue weighted by Crippen LogP contribution is 2.31. The highest BCUT2D eigenvalue weighted by molar-refractivity contribution is 7.89. The van der Waals surface area contributed by atoms with Gasteiger partial charge < -0.3 is 4.42 Å². The monoisotopic (exact) mass is 311 g/mol. The zero-order valence-electron chi connectivity index (χ0n) is 10.7. The Kier molecular flexibility index (Phi) is 3.58. The lowest BCUT2D eigenvalue weighted by Crippen LogP contribution is -2.30. The number of hydrogen-bond donors (Lipinski definition) is 1. The molecule has 6 heteroatoms. The number of benzene rings is 1. The van der Waals surface area contributed by atoms with Crippen molar-refractivity contribution in [3.8, 4) is 0 Å². The van der Waals surface area contributed by atoms with E-state index in [1.54, 1.807) is 18.4 Å². The third-order valence-corrected chi connectivity index (χ3v) is 5.21. The standard InChI is InChI=1S/C14H14ClNO3S/c15-10-4-6-11(7-5-10)20(17,18)16-13-2-1-3-14-12(13)8-9-19-14/h4-9,13,16H,1-3H2/t13-/m1/s1. The van der Waals surface area contributed by atoms with E-state index in [-0.39, 0.29) is 10.9 Å². The van der Waals surface area contributed by atoms with Crippen molar-refractivity contribution < 1.29 is 12.8 Å². The van der Waals surface area contributed by atoms with E-state index in [0.29, 0.717) is 5.02 Å². The molecule has 1 heterocycles. The van der Waals surface area contributed by atoms with Gasteiger partial charge in [-0.3, -0.25) is 0 Å². The van der Waals surface area contributed by atoms with Gasteiger partial charge in [0.15, 0.2) is 0 Å². The Labute approximate surface area is 122 Å². The molecule has 0 unspecified atom stereocenters. The van der Waals surface area contributed by atoms with Gasteiger partial charge in [0, 0.05) is 17.0 Å². The summed E-state index contributed by atoms with van der Waals surface area (Å²) in [6.07, 6.45) is 4.16. The maximum Gasteiger partial charge on any atom is 0.241 e. The summed E-state index contributed by atoms with van der Waals surface area (Å²) >= 11 is 5.78. The normalized spacial score (nSPS) is 18.8. The lowest BCUT2D eigenvalue weighted by atomic mass is 9.94. The maximum atomic E-state index is 12.4. The van der Waals surface area contributed by atoms with Crippen molar-refractivity contribution in [2.24, 2.45) is 0 Å². The molecule has 1 aromatic carbocycles. The van der Waals surface area contributed by atoms with E-state index >= 15 is 0 Å². The fourth-order valence-electron chi connectivity index (χ4n) is 2.48. The van der Waals surface area contributed by atoms with Crippen molar-refractivity contribution in [3.05, 3.63) is 52.9 Å². The fourth-order valence-corrected chi connectivity index (χ4v) is 3.85. The number of fused-ring (bicyclic) bond motifs is 1. The van der Waals surface area contributed by atoms with Gasteiger partial charge in [0.25, 0.3) is 0 Å². The summed E-state index contributed by atoms with van der Waals surface area (Å²) in [7, 11) is -3.55. The lowest BCUT2D eigenvalue weighted by molar-refractivity contribution is 0.438. The molecule has 4 nitrogen and oxygen atoms in total. The van der Waals surface area contributed by atoms with E-state index in [1.807, 2.05) is 6.07 Å². The van der Waals surface area contributed by atoms with Gasteiger partial charge in [-0.15, -0.1) is 0 Å². The highest BCUT2D eigenvalue weighted by atomic mass is 35.5. The summed E-state index contributed by atoms with van der Waals surface area (Å²) in [5.41, 5.74) is 0.939. The predicted octanol–water partition coefficient (Wildman–Crippen LogP) is 3.29. The second kappa shape index (κ2) is 5.24. The van der Waals surface area contributed by atoms with Crippen LogP contribution in [0.25, 0.3) is 0 Å². The Morgan fingerprint density at radius 3 is 2.70 bits per heavy atom. The zero-order valence-corrected chi connectivity index (χ0v) is 12.2. The summed E-state index contributed by atoms with van der Waals surface area (Å²) in [5.74, 6) is 0.875. The van der Waals surface area contributed by atoms with Crippen LogP contribution in [-0.4, -0.2) is 8.42 Å². The Morgan fingerprint density at radius 2 is 1.95 bits per heavy atom. The number of hydrogen-bond acceptors (Lipinski definition) is 3. The molecule has 1 aromatic heterocycles. The largest absolute Gasteiger partial charge is 0.469 e. The van der Waals surface area contributed by atoms with Gasteiger partial charge >= 0.3 is 0 Å². The summed E-state index contributed by atoms with van der Waals surface area (Å²) in [6.45, 7) is 0. The van der Waals surface area contributed by atoms with Gasteiger partial charge in [0.05, 0.1) is 17.2 Å². The molecule has 106 valence electrons. The minimum Gasteiger partial charge on any atom is -0.469 e. The fraction of sp³-hybridized carbons (Fsp3) is 0.286. The SMILES string of the molecule is O=S(=O)(N[C@@H]1CCCc2occc21)c1ccc(Cl)cc1. The smallest absolute Gasteiger partial charge is 0.241 e. The van der Waals surface area contributed by atoms with E-state index in [9.17, 15) is 8.42 Å². The molecule has 0 radical (unpaired) electrons. The van der Waals surface area contributed by atoms with Gasteiger partial charge in [-0.1, -0.05) is 11.6 Å². The maximum absolute atomic E-state index is 12.4. The molecule has 1 N–H and O–H groups in total. The van der Waals surface area contributed by atoms with Crippen molar-refractivity contribution in [1.82, 2.24) is 4.72 Å². The first-order chi connectivity index (χ1) is 9.56. The first-order valence-electron chi connectivity index (χ1n) is 6.40. The number of halogens is 1. The van der Waals surface area contributed by atoms with Gasteiger partial charge in [0.2, 0.25) is 10.0 Å². The van der Waals surface area contributed by atoms with Crippen LogP contribution < -0.4 is 4.72 Å². The van der Waals surface area contributed by atoms with Crippen LogP contribution in [0.2, 0.25) is 5.02 Å². The van der Waals surface area contributed by atoms with Crippen LogP contribution in [0.1, 0.15) is 30.2 Å².